The maximum atomic E-state index is 13.4. The van der Waals surface area contributed by atoms with E-state index in [2.05, 4.69) is 25.9 Å². The molecule has 0 saturated heterocycles. The minimum Gasteiger partial charge on any atom is -0.397 e. The standard InChI is InChI=1S/C9H10FIN6/c1-4(9-14-16-17-15-9)13-8-2-5(10)6(11)3-7(8)12/h2-4,13H,12H2,1H3,(H,14,15,16,17). The number of aromatic nitrogens is 4. The van der Waals surface area contributed by atoms with Gasteiger partial charge in [0, 0.05) is 6.07 Å². The molecule has 1 heterocycles. The van der Waals surface area contributed by atoms with Crippen LogP contribution in [0.5, 0.6) is 0 Å². The average Bonchev–Trinajstić information content (AvgIpc) is 2.79. The highest BCUT2D eigenvalue weighted by Gasteiger charge is 2.13. The molecule has 4 N–H and O–H groups in total. The van der Waals surface area contributed by atoms with E-state index in [0.29, 0.717) is 20.8 Å². The lowest BCUT2D eigenvalue weighted by atomic mass is 10.2. The second-order valence-electron chi connectivity index (χ2n) is 3.49. The first-order valence-electron chi connectivity index (χ1n) is 4.82. The highest BCUT2D eigenvalue weighted by molar-refractivity contribution is 14.1. The zero-order valence-corrected chi connectivity index (χ0v) is 11.1. The third-order valence-corrected chi connectivity index (χ3v) is 3.04. The van der Waals surface area contributed by atoms with Gasteiger partial charge in [0.1, 0.15) is 5.82 Å². The number of nitrogens with two attached hydrogens (primary N) is 1. The Labute approximate surface area is 110 Å². The van der Waals surface area contributed by atoms with Crippen LogP contribution in [0.1, 0.15) is 18.8 Å². The number of halogens is 2. The molecule has 0 aliphatic rings. The summed E-state index contributed by atoms with van der Waals surface area (Å²) in [6.07, 6.45) is 0. The summed E-state index contributed by atoms with van der Waals surface area (Å²) in [4.78, 5) is 0. The van der Waals surface area contributed by atoms with Crippen LogP contribution >= 0.6 is 22.6 Å². The minimum absolute atomic E-state index is 0.212. The van der Waals surface area contributed by atoms with E-state index in [-0.39, 0.29) is 11.9 Å². The molecule has 1 unspecified atom stereocenters. The number of rotatable bonds is 3. The molecule has 0 aliphatic carbocycles. The van der Waals surface area contributed by atoms with E-state index in [9.17, 15) is 4.39 Å². The van der Waals surface area contributed by atoms with Crippen molar-refractivity contribution in [1.82, 2.24) is 20.6 Å². The van der Waals surface area contributed by atoms with Gasteiger partial charge in [-0.15, -0.1) is 10.2 Å². The second-order valence-corrected chi connectivity index (χ2v) is 4.65. The normalized spacial score (nSPS) is 12.4. The molecule has 0 radical (unpaired) electrons. The van der Waals surface area contributed by atoms with Crippen LogP contribution in [0.2, 0.25) is 0 Å². The van der Waals surface area contributed by atoms with Gasteiger partial charge in [0.05, 0.1) is 21.0 Å². The summed E-state index contributed by atoms with van der Waals surface area (Å²) >= 11 is 1.89. The van der Waals surface area contributed by atoms with E-state index < -0.39 is 0 Å². The van der Waals surface area contributed by atoms with Crippen molar-refractivity contribution in [1.29, 1.82) is 0 Å². The largest absolute Gasteiger partial charge is 0.397 e. The fraction of sp³-hybridized carbons (Fsp3) is 0.222. The Morgan fingerprint density at radius 2 is 2.29 bits per heavy atom. The van der Waals surface area contributed by atoms with Gasteiger partial charge in [-0.1, -0.05) is 5.21 Å². The number of H-pyrrole nitrogens is 1. The van der Waals surface area contributed by atoms with Crippen LogP contribution in [0.15, 0.2) is 12.1 Å². The van der Waals surface area contributed by atoms with E-state index in [1.165, 1.54) is 6.07 Å². The number of benzene rings is 1. The lowest BCUT2D eigenvalue weighted by molar-refractivity contribution is 0.620. The number of nitrogens with one attached hydrogen (secondary N) is 2. The topological polar surface area (TPSA) is 92.5 Å². The molecule has 0 fully saturated rings. The quantitative estimate of drug-likeness (QED) is 0.580. The molecule has 0 aliphatic heterocycles. The van der Waals surface area contributed by atoms with Crippen molar-refractivity contribution in [3.05, 3.63) is 27.3 Å². The molecule has 17 heavy (non-hydrogen) atoms. The molecule has 2 rings (SSSR count). The molecule has 6 nitrogen and oxygen atoms in total. The van der Waals surface area contributed by atoms with Gasteiger partial charge < -0.3 is 11.1 Å². The molecule has 1 aromatic heterocycles. The van der Waals surface area contributed by atoms with Crippen molar-refractivity contribution in [3.63, 3.8) is 0 Å². The predicted octanol–water partition coefficient (Wildman–Crippen LogP) is 1.70. The van der Waals surface area contributed by atoms with Gasteiger partial charge in [-0.05, 0) is 35.6 Å². The molecular formula is C9H10FIN6. The number of aromatic amines is 1. The molecule has 8 heteroatoms. The molecule has 0 bridgehead atoms. The fourth-order valence-electron chi connectivity index (χ4n) is 1.34. The Bertz CT molecular complexity index is 514. The van der Waals surface area contributed by atoms with Gasteiger partial charge in [-0.25, -0.2) is 4.39 Å². The van der Waals surface area contributed by atoms with Crippen molar-refractivity contribution < 1.29 is 4.39 Å². The van der Waals surface area contributed by atoms with E-state index in [1.54, 1.807) is 6.07 Å². The van der Waals surface area contributed by atoms with Crippen LogP contribution in [0, 0.1) is 9.39 Å². The smallest absolute Gasteiger partial charge is 0.196 e. The second kappa shape index (κ2) is 4.82. The highest BCUT2D eigenvalue weighted by Crippen LogP contribution is 2.26. The van der Waals surface area contributed by atoms with Crippen molar-refractivity contribution in [2.24, 2.45) is 0 Å². The minimum atomic E-state index is -0.317. The summed E-state index contributed by atoms with van der Waals surface area (Å²) in [6.45, 7) is 1.83. The van der Waals surface area contributed by atoms with Gasteiger partial charge in [-0.2, -0.15) is 5.21 Å². The van der Waals surface area contributed by atoms with Crippen LogP contribution in [-0.2, 0) is 0 Å². The van der Waals surface area contributed by atoms with Gasteiger partial charge in [0.2, 0.25) is 0 Å². The molecule has 90 valence electrons. The first-order valence-corrected chi connectivity index (χ1v) is 5.90. The molecule has 1 aromatic carbocycles. The van der Waals surface area contributed by atoms with E-state index in [0.717, 1.165) is 0 Å². The Kier molecular flexibility index (Phi) is 3.41. The third-order valence-electron chi connectivity index (χ3n) is 2.21. The number of tetrazole rings is 1. The van der Waals surface area contributed by atoms with Crippen molar-refractivity contribution in [3.8, 4) is 0 Å². The lowest BCUT2D eigenvalue weighted by Crippen LogP contribution is -2.10. The van der Waals surface area contributed by atoms with E-state index in [4.69, 9.17) is 5.73 Å². The summed E-state index contributed by atoms with van der Waals surface area (Å²) in [5, 5.41) is 16.5. The first kappa shape index (κ1) is 12.0. The summed E-state index contributed by atoms with van der Waals surface area (Å²) in [6, 6.07) is 2.71. The maximum absolute atomic E-state index is 13.4. The molecule has 0 spiro atoms. The highest BCUT2D eigenvalue weighted by atomic mass is 127. The Morgan fingerprint density at radius 1 is 1.53 bits per heavy atom. The number of nitrogens with zero attached hydrogens (tertiary/aromatic N) is 3. The van der Waals surface area contributed by atoms with Crippen LogP contribution in [0.4, 0.5) is 15.8 Å². The monoisotopic (exact) mass is 348 g/mol. The fourth-order valence-corrected chi connectivity index (χ4v) is 1.83. The first-order chi connectivity index (χ1) is 8.08. The van der Waals surface area contributed by atoms with Crippen molar-refractivity contribution >= 4 is 34.0 Å². The van der Waals surface area contributed by atoms with Gasteiger partial charge in [0.15, 0.2) is 5.82 Å². The van der Waals surface area contributed by atoms with Crippen LogP contribution in [-0.4, -0.2) is 20.6 Å². The zero-order chi connectivity index (χ0) is 12.4. The predicted molar refractivity (Wildman–Crippen MR) is 69.7 cm³/mol. The Morgan fingerprint density at radius 3 is 2.94 bits per heavy atom. The number of hydrogen-bond donors (Lipinski definition) is 3. The summed E-state index contributed by atoms with van der Waals surface area (Å²) in [5.74, 6) is 0.172. The van der Waals surface area contributed by atoms with E-state index >= 15 is 0 Å². The summed E-state index contributed by atoms with van der Waals surface area (Å²) < 4.78 is 13.9. The van der Waals surface area contributed by atoms with Crippen molar-refractivity contribution in [2.45, 2.75) is 13.0 Å². The number of anilines is 2. The number of hydrogen-bond acceptors (Lipinski definition) is 5. The van der Waals surface area contributed by atoms with E-state index in [1.807, 2.05) is 29.5 Å². The summed E-state index contributed by atoms with van der Waals surface area (Å²) in [5.41, 5.74) is 6.79. The van der Waals surface area contributed by atoms with Crippen LogP contribution in [0.25, 0.3) is 0 Å². The summed E-state index contributed by atoms with van der Waals surface area (Å²) in [7, 11) is 0. The van der Waals surface area contributed by atoms with Crippen molar-refractivity contribution in [2.75, 3.05) is 11.1 Å². The van der Waals surface area contributed by atoms with Gasteiger partial charge in [-0.3, -0.25) is 0 Å². The Balaban J connectivity index is 2.22. The van der Waals surface area contributed by atoms with Gasteiger partial charge in [0.25, 0.3) is 0 Å². The average molecular weight is 348 g/mol. The number of nitrogen functional groups attached to an aromatic ring is 1. The van der Waals surface area contributed by atoms with Crippen LogP contribution in [0.3, 0.4) is 0 Å². The SMILES string of the molecule is CC(Nc1cc(F)c(I)cc1N)c1nn[nH]n1. The third kappa shape index (κ3) is 2.62. The van der Waals surface area contributed by atoms with Crippen LogP contribution < -0.4 is 11.1 Å². The molecule has 0 amide bonds. The lowest BCUT2D eigenvalue weighted by Gasteiger charge is -2.14. The maximum Gasteiger partial charge on any atom is 0.196 e. The zero-order valence-electron chi connectivity index (χ0n) is 8.91. The molecule has 2 aromatic rings. The van der Waals surface area contributed by atoms with Gasteiger partial charge >= 0.3 is 0 Å². The molecule has 1 atom stereocenters. The molecular weight excluding hydrogens is 338 g/mol. The Hall–Kier alpha value is -1.45. The molecule has 0 saturated carbocycles.